The number of alkyl halides is 3. The predicted molar refractivity (Wildman–Crippen MR) is 103 cm³/mol. The van der Waals surface area contributed by atoms with E-state index in [1.165, 1.54) is 0 Å². The van der Waals surface area contributed by atoms with Crippen LogP contribution in [0.15, 0.2) is 4.99 Å². The molecule has 0 radical (unpaired) electrons. The molecule has 0 aromatic rings. The Morgan fingerprint density at radius 3 is 2.33 bits per heavy atom. The number of nitrogens with one attached hydrogen (secondary N) is 2. The second-order valence-electron chi connectivity index (χ2n) is 6.22. The maximum Gasteiger partial charge on any atom is 0.390 e. The Labute approximate surface area is 160 Å². The van der Waals surface area contributed by atoms with Gasteiger partial charge in [0.05, 0.1) is 6.42 Å². The van der Waals surface area contributed by atoms with E-state index in [2.05, 4.69) is 39.4 Å². The van der Waals surface area contributed by atoms with Crippen molar-refractivity contribution in [1.29, 1.82) is 0 Å². The second kappa shape index (κ2) is 12.1. The maximum absolute atomic E-state index is 12.2. The molecule has 24 heavy (non-hydrogen) atoms. The molecule has 0 spiro atoms. The van der Waals surface area contributed by atoms with Gasteiger partial charge in [0.15, 0.2) is 5.96 Å². The molecule has 1 rings (SSSR count). The smallest absolute Gasteiger partial charge is 0.357 e. The molecule has 0 bridgehead atoms. The number of hydrogen-bond donors (Lipinski definition) is 2. The van der Waals surface area contributed by atoms with Crippen molar-refractivity contribution in [1.82, 2.24) is 20.4 Å². The number of guanidine groups is 1. The van der Waals surface area contributed by atoms with E-state index in [0.29, 0.717) is 25.0 Å². The largest absolute Gasteiger partial charge is 0.390 e. The predicted octanol–water partition coefficient (Wildman–Crippen LogP) is 2.00. The summed E-state index contributed by atoms with van der Waals surface area (Å²) in [6.07, 6.45) is -4.99. The van der Waals surface area contributed by atoms with Crippen molar-refractivity contribution >= 4 is 29.9 Å². The zero-order valence-electron chi connectivity index (χ0n) is 14.8. The summed E-state index contributed by atoms with van der Waals surface area (Å²) in [5, 5.41) is 5.73. The SMILES string of the molecule is CCNC(=NCC(C)CN1CCN(C)CC1)NCCC(F)(F)F.I. The van der Waals surface area contributed by atoms with Crippen LogP contribution in [0.1, 0.15) is 20.3 Å². The Balaban J connectivity index is 0.00000529. The molecule has 1 saturated heterocycles. The Morgan fingerprint density at radius 1 is 1.17 bits per heavy atom. The van der Waals surface area contributed by atoms with Crippen LogP contribution >= 0.6 is 24.0 Å². The van der Waals surface area contributed by atoms with Crippen LogP contribution in [0.25, 0.3) is 0 Å². The van der Waals surface area contributed by atoms with Crippen LogP contribution in [0.3, 0.4) is 0 Å². The zero-order valence-corrected chi connectivity index (χ0v) is 17.2. The standard InChI is InChI=1S/C15H30F3N5.HI/c1-4-19-14(20-6-5-15(16,17)18)21-11-13(2)12-23-9-7-22(3)8-10-23;/h13H,4-12H2,1-3H3,(H2,19,20,21);1H. The van der Waals surface area contributed by atoms with Crippen molar-refractivity contribution in [2.24, 2.45) is 10.9 Å². The van der Waals surface area contributed by atoms with Crippen LogP contribution in [0.2, 0.25) is 0 Å². The van der Waals surface area contributed by atoms with E-state index in [0.717, 1.165) is 32.7 Å². The van der Waals surface area contributed by atoms with Crippen molar-refractivity contribution in [3.63, 3.8) is 0 Å². The van der Waals surface area contributed by atoms with E-state index in [-0.39, 0.29) is 30.5 Å². The first-order chi connectivity index (χ1) is 10.8. The minimum atomic E-state index is -4.14. The first-order valence-corrected chi connectivity index (χ1v) is 8.30. The third kappa shape index (κ3) is 11.3. The molecule has 1 atom stereocenters. The monoisotopic (exact) mass is 465 g/mol. The fourth-order valence-electron chi connectivity index (χ4n) is 2.44. The molecule has 5 nitrogen and oxygen atoms in total. The molecule has 1 aliphatic rings. The Kier molecular flexibility index (Phi) is 12.0. The Bertz CT molecular complexity index is 358. The van der Waals surface area contributed by atoms with Gasteiger partial charge in [-0.3, -0.25) is 4.99 Å². The number of halogens is 4. The van der Waals surface area contributed by atoms with Crippen LogP contribution in [-0.4, -0.2) is 81.3 Å². The quantitative estimate of drug-likeness (QED) is 0.343. The van der Waals surface area contributed by atoms with E-state index in [1.807, 2.05) is 6.92 Å². The highest BCUT2D eigenvalue weighted by atomic mass is 127. The number of aliphatic imine (C=N–C) groups is 1. The lowest BCUT2D eigenvalue weighted by Crippen LogP contribution is -2.46. The summed E-state index contributed by atoms with van der Waals surface area (Å²) in [4.78, 5) is 9.14. The van der Waals surface area contributed by atoms with Gasteiger partial charge in [-0.2, -0.15) is 13.2 Å². The zero-order chi connectivity index (χ0) is 17.3. The van der Waals surface area contributed by atoms with Gasteiger partial charge in [0.1, 0.15) is 0 Å². The normalized spacial score (nSPS) is 18.8. The second-order valence-corrected chi connectivity index (χ2v) is 6.22. The summed E-state index contributed by atoms with van der Waals surface area (Å²) < 4.78 is 36.6. The van der Waals surface area contributed by atoms with Crippen LogP contribution in [-0.2, 0) is 0 Å². The fraction of sp³-hybridized carbons (Fsp3) is 0.933. The minimum absolute atomic E-state index is 0. The molecule has 0 aliphatic carbocycles. The van der Waals surface area contributed by atoms with E-state index < -0.39 is 12.6 Å². The van der Waals surface area contributed by atoms with Gasteiger partial charge in [0.25, 0.3) is 0 Å². The Morgan fingerprint density at radius 2 is 1.79 bits per heavy atom. The van der Waals surface area contributed by atoms with E-state index >= 15 is 0 Å². The molecule has 1 heterocycles. The number of rotatable bonds is 7. The van der Waals surface area contributed by atoms with Crippen molar-refractivity contribution in [3.8, 4) is 0 Å². The van der Waals surface area contributed by atoms with Crippen LogP contribution in [0.4, 0.5) is 13.2 Å². The van der Waals surface area contributed by atoms with Crippen LogP contribution in [0, 0.1) is 5.92 Å². The number of likely N-dealkylation sites (N-methyl/N-ethyl adjacent to an activating group) is 1. The summed E-state index contributed by atoms with van der Waals surface area (Å²) >= 11 is 0. The minimum Gasteiger partial charge on any atom is -0.357 e. The lowest BCUT2D eigenvalue weighted by molar-refractivity contribution is -0.132. The molecule has 0 saturated carbocycles. The Hall–Kier alpha value is -0.290. The summed E-state index contributed by atoms with van der Waals surface area (Å²) in [6, 6.07) is 0. The molecule has 9 heteroatoms. The first kappa shape index (κ1) is 23.7. The highest BCUT2D eigenvalue weighted by molar-refractivity contribution is 14.0. The van der Waals surface area contributed by atoms with Crippen molar-refractivity contribution in [2.45, 2.75) is 26.4 Å². The van der Waals surface area contributed by atoms with Crippen LogP contribution in [0.5, 0.6) is 0 Å². The molecular weight excluding hydrogens is 434 g/mol. The molecule has 2 N–H and O–H groups in total. The van der Waals surface area contributed by atoms with Gasteiger partial charge < -0.3 is 20.4 Å². The van der Waals surface area contributed by atoms with E-state index in [1.54, 1.807) is 0 Å². The van der Waals surface area contributed by atoms with E-state index in [4.69, 9.17) is 0 Å². The molecular formula is C15H31F3IN5. The summed E-state index contributed by atoms with van der Waals surface area (Å²) in [6.45, 7) is 10.4. The molecule has 0 amide bonds. The summed E-state index contributed by atoms with van der Waals surface area (Å²) in [5.41, 5.74) is 0. The van der Waals surface area contributed by atoms with Gasteiger partial charge in [0, 0.05) is 52.4 Å². The van der Waals surface area contributed by atoms with Gasteiger partial charge in [-0.25, -0.2) is 0 Å². The van der Waals surface area contributed by atoms with Gasteiger partial charge in [0.2, 0.25) is 0 Å². The third-order valence-corrected chi connectivity index (χ3v) is 3.77. The van der Waals surface area contributed by atoms with E-state index in [9.17, 15) is 13.2 Å². The lowest BCUT2D eigenvalue weighted by atomic mass is 10.1. The molecule has 0 aromatic heterocycles. The molecule has 1 unspecified atom stereocenters. The van der Waals surface area contributed by atoms with Crippen molar-refractivity contribution in [3.05, 3.63) is 0 Å². The summed E-state index contributed by atoms with van der Waals surface area (Å²) in [5.74, 6) is 0.832. The molecule has 0 aromatic carbocycles. The molecule has 1 fully saturated rings. The van der Waals surface area contributed by atoms with Gasteiger partial charge >= 0.3 is 6.18 Å². The van der Waals surface area contributed by atoms with Crippen LogP contribution < -0.4 is 10.6 Å². The average Bonchev–Trinajstić information content (AvgIpc) is 2.46. The highest BCUT2D eigenvalue weighted by Crippen LogP contribution is 2.18. The number of piperazine rings is 1. The number of nitrogens with zero attached hydrogens (tertiary/aromatic N) is 3. The van der Waals surface area contributed by atoms with Gasteiger partial charge in [-0.05, 0) is 19.9 Å². The first-order valence-electron chi connectivity index (χ1n) is 8.30. The lowest BCUT2D eigenvalue weighted by Gasteiger charge is -2.33. The molecule has 1 aliphatic heterocycles. The highest BCUT2D eigenvalue weighted by Gasteiger charge is 2.26. The maximum atomic E-state index is 12.2. The topological polar surface area (TPSA) is 42.9 Å². The van der Waals surface area contributed by atoms with Crippen molar-refractivity contribution in [2.75, 3.05) is 59.4 Å². The van der Waals surface area contributed by atoms with Crippen molar-refractivity contribution < 1.29 is 13.2 Å². The van der Waals surface area contributed by atoms with Gasteiger partial charge in [-0.15, -0.1) is 24.0 Å². The third-order valence-electron chi connectivity index (χ3n) is 3.77. The van der Waals surface area contributed by atoms with Gasteiger partial charge in [-0.1, -0.05) is 6.92 Å². The number of hydrogen-bond acceptors (Lipinski definition) is 3. The fourth-order valence-corrected chi connectivity index (χ4v) is 2.44. The summed E-state index contributed by atoms with van der Waals surface area (Å²) in [7, 11) is 2.13. The average molecular weight is 465 g/mol. The molecule has 144 valence electrons.